The van der Waals surface area contributed by atoms with E-state index in [1.807, 2.05) is 30.1 Å². The van der Waals surface area contributed by atoms with E-state index < -0.39 is 0 Å². The summed E-state index contributed by atoms with van der Waals surface area (Å²) in [7, 11) is 0. The molecule has 172 valence electrons. The maximum atomic E-state index is 13.3. The smallest absolute Gasteiger partial charge is 0.255 e. The lowest BCUT2D eigenvalue weighted by molar-refractivity contribution is -0.115. The van der Waals surface area contributed by atoms with Crippen LogP contribution in [0.5, 0.6) is 0 Å². The molecule has 0 atom stereocenters. The number of aliphatic hydroxyl groups excluding tert-OH is 1. The molecule has 0 bridgehead atoms. The molecule has 1 amide bonds. The van der Waals surface area contributed by atoms with Crippen molar-refractivity contribution in [2.45, 2.75) is 72.3 Å². The minimum atomic E-state index is -0.156. The van der Waals surface area contributed by atoms with Crippen LogP contribution < -0.4 is 4.90 Å². The van der Waals surface area contributed by atoms with Crippen LogP contribution in [0.4, 0.5) is 5.82 Å². The van der Waals surface area contributed by atoms with Gasteiger partial charge in [-0.2, -0.15) is 0 Å². The number of ether oxygens (including phenoxy) is 1. The quantitative estimate of drug-likeness (QED) is 0.592. The van der Waals surface area contributed by atoms with Crippen LogP contribution in [0, 0.1) is 6.92 Å². The number of rotatable bonds is 7. The van der Waals surface area contributed by atoms with Crippen LogP contribution >= 0.6 is 11.6 Å². The molecule has 7 heteroatoms. The first-order valence-electron chi connectivity index (χ1n) is 11.3. The molecule has 31 heavy (non-hydrogen) atoms. The molecule has 1 aliphatic heterocycles. The van der Waals surface area contributed by atoms with E-state index in [4.69, 9.17) is 21.7 Å². The zero-order valence-electron chi connectivity index (χ0n) is 19.1. The van der Waals surface area contributed by atoms with Crippen molar-refractivity contribution >= 4 is 23.3 Å². The number of hydrogen-bond acceptors (Lipinski definition) is 4. The summed E-state index contributed by atoms with van der Waals surface area (Å²) in [6.45, 7) is 8.20. The van der Waals surface area contributed by atoms with E-state index in [0.29, 0.717) is 24.6 Å². The number of unbranched alkanes of at least 4 members (excludes halogenated alkanes) is 1. The maximum absolute atomic E-state index is 13.3. The fourth-order valence-corrected chi connectivity index (χ4v) is 3.92. The Labute approximate surface area is 191 Å². The van der Waals surface area contributed by atoms with Crippen molar-refractivity contribution in [1.29, 1.82) is 0 Å². The SMILES string of the molecule is CCCCN(C(=O)C1=CC(Cl)=CC=CC1)c1nc2n(c1C)CCCCC2.CCOCO. The summed E-state index contributed by atoms with van der Waals surface area (Å²) in [6, 6.07) is 0. The van der Waals surface area contributed by atoms with Gasteiger partial charge < -0.3 is 14.4 Å². The van der Waals surface area contributed by atoms with Gasteiger partial charge in [0.15, 0.2) is 5.82 Å². The zero-order chi connectivity index (χ0) is 22.6. The van der Waals surface area contributed by atoms with E-state index >= 15 is 0 Å². The Hall–Kier alpha value is -1.89. The zero-order valence-corrected chi connectivity index (χ0v) is 19.8. The Balaban J connectivity index is 0.000000614. The van der Waals surface area contributed by atoms with E-state index in [2.05, 4.69) is 23.2 Å². The third-order valence-electron chi connectivity index (χ3n) is 5.40. The molecule has 1 N–H and O–H groups in total. The first-order valence-corrected chi connectivity index (χ1v) is 11.7. The van der Waals surface area contributed by atoms with Gasteiger partial charge in [0, 0.05) is 36.7 Å². The molecule has 0 spiro atoms. The van der Waals surface area contributed by atoms with Gasteiger partial charge in [-0.25, -0.2) is 4.98 Å². The highest BCUT2D eigenvalue weighted by Crippen LogP contribution is 2.28. The van der Waals surface area contributed by atoms with Crippen molar-refractivity contribution in [3.63, 3.8) is 0 Å². The van der Waals surface area contributed by atoms with Gasteiger partial charge in [-0.3, -0.25) is 9.69 Å². The highest BCUT2D eigenvalue weighted by atomic mass is 35.5. The third kappa shape index (κ3) is 7.34. The molecule has 0 aromatic carbocycles. The van der Waals surface area contributed by atoms with Crippen molar-refractivity contribution in [2.75, 3.05) is 24.8 Å². The molecule has 2 aliphatic rings. The van der Waals surface area contributed by atoms with E-state index in [0.717, 1.165) is 48.7 Å². The van der Waals surface area contributed by atoms with Crippen LogP contribution in [-0.4, -0.2) is 40.5 Å². The van der Waals surface area contributed by atoms with Crippen LogP contribution in [0.2, 0.25) is 0 Å². The van der Waals surface area contributed by atoms with Gasteiger partial charge in [-0.05, 0) is 51.7 Å². The van der Waals surface area contributed by atoms with Gasteiger partial charge in [-0.15, -0.1) is 0 Å². The van der Waals surface area contributed by atoms with Crippen molar-refractivity contribution in [3.8, 4) is 0 Å². The molecular weight excluding hydrogens is 414 g/mol. The number of carbonyl (C=O) groups excluding carboxylic acids is 1. The van der Waals surface area contributed by atoms with E-state index in [1.165, 1.54) is 19.3 Å². The number of nitrogens with zero attached hydrogens (tertiary/aromatic N) is 3. The Bertz CT molecular complexity index is 809. The van der Waals surface area contributed by atoms with Crippen molar-refractivity contribution in [1.82, 2.24) is 9.55 Å². The fraction of sp³-hybridized carbons (Fsp3) is 0.583. The van der Waals surface area contributed by atoms with Gasteiger partial charge in [0.05, 0.1) is 5.69 Å². The second kappa shape index (κ2) is 13.5. The Kier molecular flexibility index (Phi) is 11.1. The number of carbonyl (C=O) groups is 1. The first kappa shape index (κ1) is 25.4. The standard InChI is InChI=1S/C21H28ClN3O.C3H8O2/c1-3-4-13-25(21(26)17-10-7-8-11-18(22)15-17)20-16(2)24-14-9-5-6-12-19(24)23-20;1-2-5-3-4/h7-8,11,15H,3-6,9-10,12-14H2,1-2H3;4H,2-3H2,1H3. The van der Waals surface area contributed by atoms with Gasteiger partial charge in [0.2, 0.25) is 0 Å². The van der Waals surface area contributed by atoms with Crippen LogP contribution in [-0.2, 0) is 22.5 Å². The third-order valence-corrected chi connectivity index (χ3v) is 5.64. The van der Waals surface area contributed by atoms with E-state index in [1.54, 1.807) is 6.08 Å². The van der Waals surface area contributed by atoms with Crippen LogP contribution in [0.1, 0.15) is 63.9 Å². The second-order valence-electron chi connectivity index (χ2n) is 7.68. The number of aryl methyl sites for hydroxylation is 1. The number of aliphatic hydroxyl groups is 1. The molecule has 2 heterocycles. The summed E-state index contributed by atoms with van der Waals surface area (Å²) < 4.78 is 6.70. The summed E-state index contributed by atoms with van der Waals surface area (Å²) in [5.41, 5.74) is 1.83. The minimum Gasteiger partial charge on any atom is -0.371 e. The van der Waals surface area contributed by atoms with E-state index in [9.17, 15) is 4.79 Å². The van der Waals surface area contributed by atoms with Gasteiger partial charge in [-0.1, -0.05) is 43.5 Å². The molecule has 1 aromatic heterocycles. The lowest BCUT2D eigenvalue weighted by Crippen LogP contribution is -2.34. The summed E-state index contributed by atoms with van der Waals surface area (Å²) in [6.07, 6.45) is 14.7. The average molecular weight is 450 g/mol. The number of hydrogen-bond donors (Lipinski definition) is 1. The molecule has 0 saturated carbocycles. The van der Waals surface area contributed by atoms with Crippen LogP contribution in [0.3, 0.4) is 0 Å². The number of fused-ring (bicyclic) bond motifs is 1. The monoisotopic (exact) mass is 449 g/mol. The Morgan fingerprint density at radius 1 is 1.32 bits per heavy atom. The minimum absolute atomic E-state index is 0.0212. The maximum Gasteiger partial charge on any atom is 0.255 e. The molecule has 0 unspecified atom stereocenters. The number of imidazole rings is 1. The highest BCUT2D eigenvalue weighted by Gasteiger charge is 2.26. The number of allylic oxidation sites excluding steroid dienone is 5. The summed E-state index contributed by atoms with van der Waals surface area (Å²) in [5.74, 6) is 1.97. The van der Waals surface area contributed by atoms with Crippen molar-refractivity contribution in [2.24, 2.45) is 0 Å². The fourth-order valence-electron chi connectivity index (χ4n) is 3.71. The lowest BCUT2D eigenvalue weighted by Gasteiger charge is -2.23. The average Bonchev–Trinajstić information content (AvgIpc) is 2.96. The highest BCUT2D eigenvalue weighted by molar-refractivity contribution is 6.31. The first-order chi connectivity index (χ1) is 15.0. The number of anilines is 1. The number of aromatic nitrogens is 2. The van der Waals surface area contributed by atoms with E-state index in [-0.39, 0.29) is 12.7 Å². The largest absolute Gasteiger partial charge is 0.371 e. The number of halogens is 1. The molecule has 0 radical (unpaired) electrons. The van der Waals surface area contributed by atoms with Gasteiger partial charge in [0.25, 0.3) is 5.91 Å². The molecule has 1 aliphatic carbocycles. The van der Waals surface area contributed by atoms with Crippen LogP contribution in [0.15, 0.2) is 34.9 Å². The van der Waals surface area contributed by atoms with Crippen LogP contribution in [0.25, 0.3) is 0 Å². The molecule has 1 aromatic rings. The molecular formula is C24H36ClN3O3. The van der Waals surface area contributed by atoms with Gasteiger partial charge >= 0.3 is 0 Å². The lowest BCUT2D eigenvalue weighted by atomic mass is 10.1. The van der Waals surface area contributed by atoms with Crippen molar-refractivity contribution < 1.29 is 14.6 Å². The topological polar surface area (TPSA) is 67.6 Å². The Morgan fingerprint density at radius 2 is 2.13 bits per heavy atom. The van der Waals surface area contributed by atoms with Gasteiger partial charge in [0.1, 0.15) is 12.6 Å². The molecule has 6 nitrogen and oxygen atoms in total. The molecule has 3 rings (SSSR count). The normalized spacial score (nSPS) is 15.6. The summed E-state index contributed by atoms with van der Waals surface area (Å²) in [4.78, 5) is 20.1. The summed E-state index contributed by atoms with van der Waals surface area (Å²) in [5, 5.41) is 8.44. The second-order valence-corrected chi connectivity index (χ2v) is 8.12. The predicted molar refractivity (Wildman–Crippen MR) is 126 cm³/mol. The Morgan fingerprint density at radius 3 is 2.81 bits per heavy atom. The predicted octanol–water partition coefficient (Wildman–Crippen LogP) is 5.03. The summed E-state index contributed by atoms with van der Waals surface area (Å²) >= 11 is 6.19. The molecule has 0 fully saturated rings. The number of amides is 1. The van der Waals surface area contributed by atoms with Crippen molar-refractivity contribution in [3.05, 3.63) is 46.4 Å². The molecule has 0 saturated heterocycles.